The first-order chi connectivity index (χ1) is 11.5. The Hall–Kier alpha value is -2.38. The molecule has 1 N–H and O–H groups in total. The van der Waals surface area contributed by atoms with Gasteiger partial charge in [0.05, 0.1) is 13.1 Å². The number of piperazine rings is 1. The number of carbonyl (C=O) groups is 1. The third-order valence-electron chi connectivity index (χ3n) is 4.24. The van der Waals surface area contributed by atoms with E-state index in [2.05, 4.69) is 5.32 Å². The fraction of sp³-hybridized carbons (Fsp3) is 0.312. The van der Waals surface area contributed by atoms with Gasteiger partial charge in [0.1, 0.15) is 0 Å². The van der Waals surface area contributed by atoms with Crippen LogP contribution in [0.4, 0.5) is 5.82 Å². The van der Waals surface area contributed by atoms with Crippen molar-refractivity contribution < 1.29 is 9.72 Å². The highest BCUT2D eigenvalue weighted by atomic mass is 35.5. The summed E-state index contributed by atoms with van der Waals surface area (Å²) in [6.07, 6.45) is 0. The zero-order valence-corrected chi connectivity index (χ0v) is 13.9. The van der Waals surface area contributed by atoms with Crippen LogP contribution in [0, 0.1) is 10.1 Å². The van der Waals surface area contributed by atoms with Crippen LogP contribution in [0.15, 0.2) is 36.4 Å². The molecule has 1 fully saturated rings. The third-order valence-corrected chi connectivity index (χ3v) is 4.47. The Bertz CT molecular complexity index is 789. The Morgan fingerprint density at radius 3 is 2.83 bits per heavy atom. The molecule has 1 unspecified atom stereocenters. The van der Waals surface area contributed by atoms with Crippen LogP contribution < -0.4 is 5.32 Å². The maximum absolute atomic E-state index is 12.9. The molecular weight excluding hydrogens is 332 g/mol. The van der Waals surface area contributed by atoms with E-state index in [-0.39, 0.29) is 17.8 Å². The Balaban J connectivity index is 1.93. The van der Waals surface area contributed by atoms with Gasteiger partial charge < -0.3 is 20.3 Å². The normalized spacial score (nSPS) is 17.8. The molecule has 1 saturated heterocycles. The van der Waals surface area contributed by atoms with E-state index < -0.39 is 4.92 Å². The first-order valence-corrected chi connectivity index (χ1v) is 7.94. The van der Waals surface area contributed by atoms with E-state index >= 15 is 0 Å². The highest BCUT2D eigenvalue weighted by Gasteiger charge is 2.32. The number of amides is 1. The van der Waals surface area contributed by atoms with E-state index in [1.54, 1.807) is 11.0 Å². The van der Waals surface area contributed by atoms with Crippen LogP contribution >= 0.6 is 11.6 Å². The van der Waals surface area contributed by atoms with Gasteiger partial charge in [0.2, 0.25) is 0 Å². The SMILES string of the molecule is Cn1c(C(=O)N2CCNCC2c2cccc(Cl)c2)ccc1[N+](=O)[O-]. The Morgan fingerprint density at radius 2 is 2.17 bits per heavy atom. The fourth-order valence-electron chi connectivity index (χ4n) is 3.00. The number of benzene rings is 1. The summed E-state index contributed by atoms with van der Waals surface area (Å²) in [7, 11) is 1.53. The fourth-order valence-corrected chi connectivity index (χ4v) is 3.20. The number of carbonyl (C=O) groups excluding carboxylic acids is 1. The summed E-state index contributed by atoms with van der Waals surface area (Å²) in [6, 6.07) is 10.1. The van der Waals surface area contributed by atoms with Gasteiger partial charge in [0.15, 0.2) is 5.69 Å². The quantitative estimate of drug-likeness (QED) is 0.682. The lowest BCUT2D eigenvalue weighted by Crippen LogP contribution is -2.49. The van der Waals surface area contributed by atoms with E-state index in [1.807, 2.05) is 18.2 Å². The van der Waals surface area contributed by atoms with Gasteiger partial charge in [-0.3, -0.25) is 4.79 Å². The van der Waals surface area contributed by atoms with Crippen molar-refractivity contribution in [2.24, 2.45) is 7.05 Å². The lowest BCUT2D eigenvalue weighted by molar-refractivity contribution is -0.391. The molecule has 1 aromatic carbocycles. The molecule has 3 rings (SSSR count). The molecule has 126 valence electrons. The number of nitrogens with one attached hydrogen (secondary N) is 1. The second-order valence-electron chi connectivity index (χ2n) is 5.67. The highest BCUT2D eigenvalue weighted by Crippen LogP contribution is 2.27. The molecule has 1 amide bonds. The average Bonchev–Trinajstić information content (AvgIpc) is 2.96. The molecular formula is C16H17ClN4O3. The molecule has 0 saturated carbocycles. The Morgan fingerprint density at radius 1 is 1.38 bits per heavy atom. The summed E-state index contributed by atoms with van der Waals surface area (Å²) in [5.41, 5.74) is 1.24. The largest absolute Gasteiger partial charge is 0.358 e. The van der Waals surface area contributed by atoms with Crippen LogP contribution in [0.3, 0.4) is 0 Å². The Kier molecular flexibility index (Phi) is 4.55. The molecule has 1 atom stereocenters. The predicted octanol–water partition coefficient (Wildman–Crippen LogP) is 2.37. The molecule has 7 nitrogen and oxygen atoms in total. The number of nitro groups is 1. The molecule has 0 spiro atoms. The first-order valence-electron chi connectivity index (χ1n) is 7.56. The van der Waals surface area contributed by atoms with Crippen LogP contribution in [0.1, 0.15) is 22.1 Å². The first kappa shape index (κ1) is 16.5. The van der Waals surface area contributed by atoms with Gasteiger partial charge in [-0.15, -0.1) is 0 Å². The number of hydrogen-bond donors (Lipinski definition) is 1. The van der Waals surface area contributed by atoms with Gasteiger partial charge in [0, 0.05) is 30.7 Å². The number of hydrogen-bond acceptors (Lipinski definition) is 4. The van der Waals surface area contributed by atoms with Gasteiger partial charge in [-0.25, -0.2) is 4.57 Å². The molecule has 2 heterocycles. The molecule has 2 aromatic rings. The zero-order valence-electron chi connectivity index (χ0n) is 13.1. The number of halogens is 1. The van der Waals surface area contributed by atoms with Crippen LogP contribution in [0.2, 0.25) is 5.02 Å². The standard InChI is InChI=1S/C16H17ClN4O3/c1-19-13(5-6-15(19)21(23)24)16(22)20-8-7-18-10-14(20)11-3-2-4-12(17)9-11/h2-6,9,14,18H,7-8,10H2,1H3. The lowest BCUT2D eigenvalue weighted by atomic mass is 10.0. The van der Waals surface area contributed by atoms with Crippen molar-refractivity contribution >= 4 is 23.3 Å². The minimum Gasteiger partial charge on any atom is -0.358 e. The van der Waals surface area contributed by atoms with E-state index in [0.29, 0.717) is 30.4 Å². The summed E-state index contributed by atoms with van der Waals surface area (Å²) in [5.74, 6) is -0.329. The van der Waals surface area contributed by atoms with Gasteiger partial charge in [0.25, 0.3) is 5.91 Å². The maximum Gasteiger partial charge on any atom is 0.323 e. The molecule has 8 heteroatoms. The zero-order chi connectivity index (χ0) is 17.3. The summed E-state index contributed by atoms with van der Waals surface area (Å²) >= 11 is 6.07. The predicted molar refractivity (Wildman–Crippen MR) is 90.2 cm³/mol. The third kappa shape index (κ3) is 3.00. The van der Waals surface area contributed by atoms with Gasteiger partial charge in [-0.05, 0) is 28.7 Å². The minimum absolute atomic E-state index is 0.104. The number of aromatic nitrogens is 1. The van der Waals surface area contributed by atoms with Crippen molar-refractivity contribution in [2.75, 3.05) is 19.6 Å². The molecule has 24 heavy (non-hydrogen) atoms. The van der Waals surface area contributed by atoms with Crippen molar-refractivity contribution in [2.45, 2.75) is 6.04 Å². The van der Waals surface area contributed by atoms with Crippen LogP contribution in [0.25, 0.3) is 0 Å². The summed E-state index contributed by atoms with van der Waals surface area (Å²) in [6.45, 7) is 1.81. The smallest absolute Gasteiger partial charge is 0.323 e. The van der Waals surface area contributed by atoms with Gasteiger partial charge >= 0.3 is 5.82 Å². The van der Waals surface area contributed by atoms with Crippen molar-refractivity contribution in [1.29, 1.82) is 0 Å². The summed E-state index contributed by atoms with van der Waals surface area (Å²) < 4.78 is 1.32. The second-order valence-corrected chi connectivity index (χ2v) is 6.10. The summed E-state index contributed by atoms with van der Waals surface area (Å²) in [4.78, 5) is 25.2. The van der Waals surface area contributed by atoms with E-state index in [9.17, 15) is 14.9 Å². The highest BCUT2D eigenvalue weighted by molar-refractivity contribution is 6.30. The molecule has 0 aliphatic carbocycles. The van der Waals surface area contributed by atoms with E-state index in [4.69, 9.17) is 11.6 Å². The molecule has 0 radical (unpaired) electrons. The molecule has 0 bridgehead atoms. The minimum atomic E-state index is -0.497. The topological polar surface area (TPSA) is 80.4 Å². The average molecular weight is 349 g/mol. The maximum atomic E-state index is 12.9. The van der Waals surface area contributed by atoms with E-state index in [1.165, 1.54) is 23.7 Å². The van der Waals surface area contributed by atoms with Crippen molar-refractivity contribution in [1.82, 2.24) is 14.8 Å². The molecule has 1 aliphatic rings. The summed E-state index contributed by atoms with van der Waals surface area (Å²) in [5, 5.41) is 14.9. The van der Waals surface area contributed by atoms with Gasteiger partial charge in [-0.2, -0.15) is 0 Å². The Labute approximate surface area is 144 Å². The van der Waals surface area contributed by atoms with Crippen LogP contribution in [-0.2, 0) is 7.05 Å². The van der Waals surface area contributed by atoms with Crippen LogP contribution in [-0.4, -0.2) is 39.9 Å². The lowest BCUT2D eigenvalue weighted by Gasteiger charge is -2.36. The number of nitrogens with zero attached hydrogens (tertiary/aromatic N) is 3. The number of rotatable bonds is 3. The second kappa shape index (κ2) is 6.62. The van der Waals surface area contributed by atoms with Gasteiger partial charge in [-0.1, -0.05) is 23.7 Å². The molecule has 1 aliphatic heterocycles. The van der Waals surface area contributed by atoms with Crippen molar-refractivity contribution in [3.63, 3.8) is 0 Å². The molecule has 1 aromatic heterocycles. The van der Waals surface area contributed by atoms with E-state index in [0.717, 1.165) is 5.56 Å². The van der Waals surface area contributed by atoms with Crippen LogP contribution in [0.5, 0.6) is 0 Å². The van der Waals surface area contributed by atoms with Crippen molar-refractivity contribution in [3.05, 3.63) is 62.8 Å². The monoisotopic (exact) mass is 348 g/mol. The van der Waals surface area contributed by atoms with Crippen molar-refractivity contribution in [3.8, 4) is 0 Å².